The molecule has 4 nitrogen and oxygen atoms in total. The molecule has 0 aliphatic heterocycles. The number of aryl methyl sites for hydroxylation is 1. The Hall–Kier alpha value is -1.72. The molecule has 1 aliphatic carbocycles. The molecular formula is C17H20N2O2S. The maximum absolute atomic E-state index is 12.3. The van der Waals surface area contributed by atoms with Crippen LogP contribution in [0.5, 0.6) is 0 Å². The molecular weight excluding hydrogens is 296 g/mol. The van der Waals surface area contributed by atoms with E-state index < -0.39 is 0 Å². The highest BCUT2D eigenvalue weighted by atomic mass is 32.1. The molecule has 1 fully saturated rings. The summed E-state index contributed by atoms with van der Waals surface area (Å²) in [7, 11) is 0. The van der Waals surface area contributed by atoms with Gasteiger partial charge in [-0.2, -0.15) is 0 Å². The van der Waals surface area contributed by atoms with Crippen molar-refractivity contribution in [2.75, 3.05) is 0 Å². The maximum atomic E-state index is 12.3. The lowest BCUT2D eigenvalue weighted by molar-refractivity contribution is -0.123. The van der Waals surface area contributed by atoms with E-state index in [1.54, 1.807) is 23.7 Å². The average molecular weight is 316 g/mol. The van der Waals surface area contributed by atoms with E-state index in [0.29, 0.717) is 18.8 Å². The fourth-order valence-electron chi connectivity index (χ4n) is 2.84. The van der Waals surface area contributed by atoms with E-state index in [0.717, 1.165) is 18.4 Å². The van der Waals surface area contributed by atoms with E-state index in [-0.39, 0.29) is 18.1 Å². The Labute approximate surface area is 134 Å². The summed E-state index contributed by atoms with van der Waals surface area (Å²) in [5, 5.41) is 14.7. The van der Waals surface area contributed by atoms with Crippen molar-refractivity contribution in [3.8, 4) is 0 Å². The standard InChI is InChI=1S/C17H20N2O2S/c20-14-9-13(10-14)17(15-4-2-8-22-15)19-16(21)6-5-12-3-1-7-18-11-12/h1-4,7-8,11,13-14,17,20H,5-6,9-10H2,(H,19,21)/t13?,14?,17-/m0/s1. The number of amides is 1. The maximum Gasteiger partial charge on any atom is 0.220 e. The van der Waals surface area contributed by atoms with Crippen molar-refractivity contribution in [3.05, 3.63) is 52.5 Å². The van der Waals surface area contributed by atoms with Crippen LogP contribution in [0.3, 0.4) is 0 Å². The molecule has 3 rings (SSSR count). The SMILES string of the molecule is O=C(CCc1cccnc1)N[C@H](c1cccs1)C1CC(O)C1. The quantitative estimate of drug-likeness (QED) is 0.861. The fraction of sp³-hybridized carbons (Fsp3) is 0.412. The van der Waals surface area contributed by atoms with Gasteiger partial charge in [0.05, 0.1) is 12.1 Å². The molecule has 22 heavy (non-hydrogen) atoms. The van der Waals surface area contributed by atoms with Gasteiger partial charge in [0.2, 0.25) is 5.91 Å². The first-order chi connectivity index (χ1) is 10.7. The first-order valence-corrected chi connectivity index (χ1v) is 8.50. The van der Waals surface area contributed by atoms with E-state index in [2.05, 4.69) is 16.4 Å². The number of carbonyl (C=O) groups is 1. The predicted octanol–water partition coefficient (Wildman–Crippen LogP) is 2.70. The van der Waals surface area contributed by atoms with Crippen molar-refractivity contribution in [1.82, 2.24) is 10.3 Å². The second-order valence-electron chi connectivity index (χ2n) is 5.81. The van der Waals surface area contributed by atoms with E-state index in [4.69, 9.17) is 0 Å². The number of nitrogens with zero attached hydrogens (tertiary/aromatic N) is 1. The second kappa shape index (κ2) is 7.03. The molecule has 0 spiro atoms. The number of rotatable bonds is 6. The first-order valence-electron chi connectivity index (χ1n) is 7.62. The van der Waals surface area contributed by atoms with Crippen molar-refractivity contribution in [2.45, 2.75) is 37.8 Å². The van der Waals surface area contributed by atoms with E-state index >= 15 is 0 Å². The van der Waals surface area contributed by atoms with Crippen LogP contribution in [0, 0.1) is 5.92 Å². The van der Waals surface area contributed by atoms with Gasteiger partial charge in [-0.15, -0.1) is 11.3 Å². The number of aromatic nitrogens is 1. The molecule has 2 N–H and O–H groups in total. The molecule has 116 valence electrons. The van der Waals surface area contributed by atoms with Crippen LogP contribution in [-0.2, 0) is 11.2 Å². The van der Waals surface area contributed by atoms with Crippen LogP contribution in [0.1, 0.15) is 35.7 Å². The zero-order chi connectivity index (χ0) is 15.4. The summed E-state index contributed by atoms with van der Waals surface area (Å²) in [5.74, 6) is 0.402. The minimum Gasteiger partial charge on any atom is -0.393 e. The topological polar surface area (TPSA) is 62.2 Å². The van der Waals surface area contributed by atoms with Gasteiger partial charge in [0, 0.05) is 23.7 Å². The Morgan fingerprint density at radius 3 is 2.91 bits per heavy atom. The molecule has 0 radical (unpaired) electrons. The highest BCUT2D eigenvalue weighted by molar-refractivity contribution is 7.10. The zero-order valence-electron chi connectivity index (χ0n) is 12.3. The molecule has 5 heteroatoms. The van der Waals surface area contributed by atoms with E-state index in [1.165, 1.54) is 4.88 Å². The Morgan fingerprint density at radius 1 is 1.41 bits per heavy atom. The van der Waals surface area contributed by atoms with Crippen LogP contribution in [0.15, 0.2) is 42.0 Å². The van der Waals surface area contributed by atoms with Crippen molar-refractivity contribution >= 4 is 17.2 Å². The largest absolute Gasteiger partial charge is 0.393 e. The Morgan fingerprint density at radius 2 is 2.27 bits per heavy atom. The monoisotopic (exact) mass is 316 g/mol. The van der Waals surface area contributed by atoms with Gasteiger partial charge in [-0.3, -0.25) is 9.78 Å². The Balaban J connectivity index is 1.57. The smallest absolute Gasteiger partial charge is 0.220 e. The highest BCUT2D eigenvalue weighted by Gasteiger charge is 2.35. The number of hydrogen-bond acceptors (Lipinski definition) is 4. The molecule has 1 saturated carbocycles. The van der Waals surface area contributed by atoms with Gasteiger partial charge in [0.25, 0.3) is 0 Å². The molecule has 2 aromatic heterocycles. The minimum absolute atomic E-state index is 0.0322. The van der Waals surface area contributed by atoms with Crippen LogP contribution in [0.2, 0.25) is 0 Å². The Kier molecular flexibility index (Phi) is 4.85. The van der Waals surface area contributed by atoms with Crippen molar-refractivity contribution < 1.29 is 9.90 Å². The highest BCUT2D eigenvalue weighted by Crippen LogP contribution is 2.39. The van der Waals surface area contributed by atoms with Gasteiger partial charge in [-0.1, -0.05) is 12.1 Å². The fourth-order valence-corrected chi connectivity index (χ4v) is 3.71. The number of nitrogens with one attached hydrogen (secondary N) is 1. The molecule has 2 heterocycles. The van der Waals surface area contributed by atoms with Gasteiger partial charge in [-0.05, 0) is 48.3 Å². The Bertz CT molecular complexity index is 594. The minimum atomic E-state index is -0.209. The lowest BCUT2D eigenvalue weighted by Gasteiger charge is -2.37. The number of pyridine rings is 1. The number of aliphatic hydroxyl groups excluding tert-OH is 1. The zero-order valence-corrected chi connectivity index (χ0v) is 13.1. The third-order valence-electron chi connectivity index (χ3n) is 4.15. The summed E-state index contributed by atoms with van der Waals surface area (Å²) in [6.45, 7) is 0. The number of hydrogen-bond donors (Lipinski definition) is 2. The van der Waals surface area contributed by atoms with Crippen molar-refractivity contribution in [3.63, 3.8) is 0 Å². The molecule has 0 unspecified atom stereocenters. The molecule has 1 atom stereocenters. The second-order valence-corrected chi connectivity index (χ2v) is 6.79. The summed E-state index contributed by atoms with van der Waals surface area (Å²) in [5.41, 5.74) is 1.07. The summed E-state index contributed by atoms with van der Waals surface area (Å²) < 4.78 is 0. The number of carbonyl (C=O) groups excluding carboxylic acids is 1. The molecule has 0 saturated heterocycles. The van der Waals surface area contributed by atoms with Crippen LogP contribution >= 0.6 is 11.3 Å². The summed E-state index contributed by atoms with van der Waals surface area (Å²) >= 11 is 1.66. The average Bonchev–Trinajstić information content (AvgIpc) is 3.03. The van der Waals surface area contributed by atoms with Crippen LogP contribution in [-0.4, -0.2) is 22.1 Å². The van der Waals surface area contributed by atoms with Crippen LogP contribution in [0.4, 0.5) is 0 Å². The molecule has 2 aromatic rings. The first kappa shape index (κ1) is 15.2. The normalized spacial score (nSPS) is 21.9. The number of aliphatic hydroxyl groups is 1. The number of thiophene rings is 1. The van der Waals surface area contributed by atoms with Crippen LogP contribution in [0.25, 0.3) is 0 Å². The van der Waals surface area contributed by atoms with Gasteiger partial charge in [0.15, 0.2) is 0 Å². The van der Waals surface area contributed by atoms with Gasteiger partial charge < -0.3 is 10.4 Å². The third-order valence-corrected chi connectivity index (χ3v) is 5.11. The van der Waals surface area contributed by atoms with Gasteiger partial charge in [0.1, 0.15) is 0 Å². The summed E-state index contributed by atoms with van der Waals surface area (Å²) in [4.78, 5) is 17.5. The summed E-state index contributed by atoms with van der Waals surface area (Å²) in [6.07, 6.45) is 6.02. The molecule has 0 bridgehead atoms. The van der Waals surface area contributed by atoms with E-state index in [1.807, 2.05) is 23.6 Å². The lowest BCUT2D eigenvalue weighted by atomic mass is 9.76. The molecule has 1 aliphatic rings. The lowest BCUT2D eigenvalue weighted by Crippen LogP contribution is -2.41. The van der Waals surface area contributed by atoms with Crippen molar-refractivity contribution in [2.24, 2.45) is 5.92 Å². The van der Waals surface area contributed by atoms with Gasteiger partial charge >= 0.3 is 0 Å². The van der Waals surface area contributed by atoms with E-state index in [9.17, 15) is 9.90 Å². The predicted molar refractivity (Wildman–Crippen MR) is 86.5 cm³/mol. The molecule has 0 aromatic carbocycles. The van der Waals surface area contributed by atoms with Crippen LogP contribution < -0.4 is 5.32 Å². The third kappa shape index (κ3) is 3.72. The van der Waals surface area contributed by atoms with Crippen molar-refractivity contribution in [1.29, 1.82) is 0 Å². The van der Waals surface area contributed by atoms with Gasteiger partial charge in [-0.25, -0.2) is 0 Å². The molecule has 1 amide bonds. The summed E-state index contributed by atoms with van der Waals surface area (Å²) in [6, 6.07) is 7.96.